The number of aromatic nitrogens is 4. The van der Waals surface area contributed by atoms with Gasteiger partial charge in [0.15, 0.2) is 0 Å². The SMILES string of the molecule is CCc1c(C)cc2nc(-c3ccnc(-c4cnc(=O)[nH]c4)c3)sc2c1-c1ccc(Cl)cc1. The van der Waals surface area contributed by atoms with E-state index in [0.717, 1.165) is 49.1 Å². The molecule has 0 radical (unpaired) electrons. The average Bonchev–Trinajstić information content (AvgIpc) is 3.23. The summed E-state index contributed by atoms with van der Waals surface area (Å²) in [7, 11) is 0. The second-order valence-electron chi connectivity index (χ2n) is 7.51. The molecule has 32 heavy (non-hydrogen) atoms. The zero-order chi connectivity index (χ0) is 22.2. The Hall–Kier alpha value is -3.35. The topological polar surface area (TPSA) is 71.5 Å². The van der Waals surface area contributed by atoms with Crippen molar-refractivity contribution in [2.75, 3.05) is 0 Å². The quantitative estimate of drug-likeness (QED) is 0.343. The van der Waals surface area contributed by atoms with Crippen LogP contribution in [0.5, 0.6) is 0 Å². The lowest BCUT2D eigenvalue weighted by molar-refractivity contribution is 1.07. The maximum atomic E-state index is 11.3. The van der Waals surface area contributed by atoms with Gasteiger partial charge in [0.25, 0.3) is 0 Å². The van der Waals surface area contributed by atoms with Crippen molar-refractivity contribution in [2.24, 2.45) is 0 Å². The van der Waals surface area contributed by atoms with Gasteiger partial charge in [0.2, 0.25) is 0 Å². The van der Waals surface area contributed by atoms with E-state index in [4.69, 9.17) is 16.6 Å². The Labute approximate surface area is 193 Å². The molecule has 0 bridgehead atoms. The molecule has 0 saturated heterocycles. The van der Waals surface area contributed by atoms with Crippen LogP contribution in [-0.4, -0.2) is 19.9 Å². The molecule has 1 N–H and O–H groups in total. The van der Waals surface area contributed by atoms with Gasteiger partial charge in [-0.25, -0.2) is 14.8 Å². The van der Waals surface area contributed by atoms with E-state index in [9.17, 15) is 4.79 Å². The van der Waals surface area contributed by atoms with Crippen LogP contribution in [0.3, 0.4) is 0 Å². The maximum Gasteiger partial charge on any atom is 0.344 e. The minimum atomic E-state index is -0.382. The Morgan fingerprint density at radius 3 is 2.56 bits per heavy atom. The standard InChI is InChI=1S/C25H19ClN4OS/c1-3-19-14(2)10-21-23(22(19)15-4-6-18(26)7-5-15)32-24(30-21)16-8-9-27-20(11-16)17-12-28-25(31)29-13-17/h4-13H,3H2,1-2H3,(H,28,29,31). The van der Waals surface area contributed by atoms with E-state index in [1.54, 1.807) is 23.7 Å². The van der Waals surface area contributed by atoms with Crippen molar-refractivity contribution in [2.45, 2.75) is 20.3 Å². The molecule has 5 rings (SSSR count). The van der Waals surface area contributed by atoms with Crippen LogP contribution >= 0.6 is 22.9 Å². The van der Waals surface area contributed by atoms with E-state index in [0.29, 0.717) is 0 Å². The maximum absolute atomic E-state index is 11.3. The summed E-state index contributed by atoms with van der Waals surface area (Å²) in [5.41, 5.74) is 7.97. The zero-order valence-electron chi connectivity index (χ0n) is 17.5. The smallest absolute Gasteiger partial charge is 0.312 e. The highest BCUT2D eigenvalue weighted by molar-refractivity contribution is 7.22. The molecule has 7 heteroatoms. The van der Waals surface area contributed by atoms with Crippen LogP contribution in [0.2, 0.25) is 5.02 Å². The Kier molecular flexibility index (Phi) is 5.33. The summed E-state index contributed by atoms with van der Waals surface area (Å²) < 4.78 is 1.16. The van der Waals surface area contributed by atoms with Gasteiger partial charge in [-0.1, -0.05) is 30.7 Å². The number of hydrogen-bond donors (Lipinski definition) is 1. The number of H-pyrrole nitrogens is 1. The van der Waals surface area contributed by atoms with Crippen molar-refractivity contribution in [1.29, 1.82) is 0 Å². The number of aryl methyl sites for hydroxylation is 1. The molecule has 3 heterocycles. The van der Waals surface area contributed by atoms with E-state index >= 15 is 0 Å². The molecule has 0 atom stereocenters. The molecule has 0 aliphatic carbocycles. The number of hydrogen-bond acceptors (Lipinski definition) is 5. The summed E-state index contributed by atoms with van der Waals surface area (Å²) >= 11 is 7.82. The van der Waals surface area contributed by atoms with Gasteiger partial charge in [-0.05, 0) is 60.4 Å². The van der Waals surface area contributed by atoms with Crippen LogP contribution in [0, 0.1) is 6.92 Å². The Morgan fingerprint density at radius 2 is 1.84 bits per heavy atom. The van der Waals surface area contributed by atoms with E-state index in [-0.39, 0.29) is 5.69 Å². The molecule has 0 aliphatic rings. The predicted molar refractivity (Wildman–Crippen MR) is 131 cm³/mol. The highest BCUT2D eigenvalue weighted by Crippen LogP contribution is 2.41. The molecule has 0 aliphatic heterocycles. The monoisotopic (exact) mass is 458 g/mol. The molecule has 0 fully saturated rings. The van der Waals surface area contributed by atoms with E-state index < -0.39 is 0 Å². The number of rotatable bonds is 4. The van der Waals surface area contributed by atoms with Crippen LogP contribution in [0.4, 0.5) is 0 Å². The minimum Gasteiger partial charge on any atom is -0.312 e. The molecule has 0 amide bonds. The molecule has 5 nitrogen and oxygen atoms in total. The molecule has 3 aromatic heterocycles. The third-order valence-corrected chi connectivity index (χ3v) is 6.86. The summed E-state index contributed by atoms with van der Waals surface area (Å²) in [6.07, 6.45) is 5.84. The second-order valence-corrected chi connectivity index (χ2v) is 8.95. The first-order valence-corrected chi connectivity index (χ1v) is 11.4. The zero-order valence-corrected chi connectivity index (χ0v) is 19.1. The van der Waals surface area contributed by atoms with Crippen LogP contribution in [-0.2, 0) is 6.42 Å². The third-order valence-electron chi connectivity index (χ3n) is 5.47. The van der Waals surface area contributed by atoms with Gasteiger partial charge in [-0.15, -0.1) is 11.3 Å². The molecule has 158 valence electrons. The lowest BCUT2D eigenvalue weighted by Crippen LogP contribution is -2.08. The molecule has 2 aromatic carbocycles. The number of thiazole rings is 1. The Bertz CT molecular complexity index is 1480. The van der Waals surface area contributed by atoms with Crippen molar-refractivity contribution < 1.29 is 0 Å². The molecular weight excluding hydrogens is 440 g/mol. The summed E-state index contributed by atoms with van der Waals surface area (Å²) in [4.78, 5) is 27.1. The highest BCUT2D eigenvalue weighted by Gasteiger charge is 2.17. The fourth-order valence-electron chi connectivity index (χ4n) is 3.94. The first kappa shape index (κ1) is 20.5. The van der Waals surface area contributed by atoms with E-state index in [2.05, 4.69) is 47.0 Å². The van der Waals surface area contributed by atoms with Crippen LogP contribution < -0.4 is 5.69 Å². The summed E-state index contributed by atoms with van der Waals surface area (Å²) in [5.74, 6) is 0. The summed E-state index contributed by atoms with van der Waals surface area (Å²) in [6.45, 7) is 4.33. The highest BCUT2D eigenvalue weighted by atomic mass is 35.5. The normalized spacial score (nSPS) is 11.2. The molecule has 0 spiro atoms. The second kappa shape index (κ2) is 8.30. The van der Waals surface area contributed by atoms with Crippen LogP contribution in [0.1, 0.15) is 18.1 Å². The summed E-state index contributed by atoms with van der Waals surface area (Å²) in [6, 6.07) is 14.1. The van der Waals surface area contributed by atoms with Gasteiger partial charge in [0.05, 0.1) is 15.9 Å². The Balaban J connectivity index is 1.68. The van der Waals surface area contributed by atoms with Crippen LogP contribution in [0.25, 0.3) is 43.2 Å². The molecular formula is C25H19ClN4OS. The van der Waals surface area contributed by atoms with Crippen molar-refractivity contribution in [1.82, 2.24) is 19.9 Å². The number of halogens is 1. The minimum absolute atomic E-state index is 0.382. The van der Waals surface area contributed by atoms with Crippen molar-refractivity contribution in [3.8, 4) is 33.0 Å². The number of nitrogens with zero attached hydrogens (tertiary/aromatic N) is 3. The third kappa shape index (κ3) is 3.72. The number of pyridine rings is 1. The number of fused-ring (bicyclic) bond motifs is 1. The van der Waals surface area contributed by atoms with Gasteiger partial charge in [-0.2, -0.15) is 0 Å². The van der Waals surface area contributed by atoms with Gasteiger partial charge >= 0.3 is 5.69 Å². The molecule has 0 saturated carbocycles. The average molecular weight is 459 g/mol. The van der Waals surface area contributed by atoms with Gasteiger partial charge < -0.3 is 4.98 Å². The molecule has 5 aromatic rings. The van der Waals surface area contributed by atoms with Gasteiger partial charge in [-0.3, -0.25) is 4.98 Å². The van der Waals surface area contributed by atoms with Gasteiger partial charge in [0.1, 0.15) is 5.01 Å². The Morgan fingerprint density at radius 1 is 1.03 bits per heavy atom. The lowest BCUT2D eigenvalue weighted by atomic mass is 9.94. The van der Waals surface area contributed by atoms with Crippen LogP contribution in [0.15, 0.2) is 65.8 Å². The predicted octanol–water partition coefficient (Wildman–Crippen LogP) is 6.30. The largest absolute Gasteiger partial charge is 0.344 e. The number of nitrogens with one attached hydrogen (secondary N) is 1. The molecule has 0 unspecified atom stereocenters. The number of aromatic amines is 1. The van der Waals surface area contributed by atoms with Crippen molar-refractivity contribution >= 4 is 33.2 Å². The van der Waals surface area contributed by atoms with Crippen molar-refractivity contribution in [3.05, 3.63) is 87.7 Å². The summed E-state index contributed by atoms with van der Waals surface area (Å²) in [5, 5.41) is 1.64. The van der Waals surface area contributed by atoms with E-state index in [1.165, 1.54) is 22.9 Å². The van der Waals surface area contributed by atoms with Crippen molar-refractivity contribution in [3.63, 3.8) is 0 Å². The van der Waals surface area contributed by atoms with Gasteiger partial charge in [0, 0.05) is 40.3 Å². The fraction of sp³-hybridized carbons (Fsp3) is 0.120. The fourth-order valence-corrected chi connectivity index (χ4v) is 5.20. The first-order chi connectivity index (χ1) is 15.5. The number of benzene rings is 2. The first-order valence-electron chi connectivity index (χ1n) is 10.2. The lowest BCUT2D eigenvalue weighted by Gasteiger charge is -2.12. The van der Waals surface area contributed by atoms with E-state index in [1.807, 2.05) is 24.3 Å².